The highest BCUT2D eigenvalue weighted by Crippen LogP contribution is 2.31. The number of hydrazine groups is 1. The minimum absolute atomic E-state index is 0.0321. The van der Waals surface area contributed by atoms with E-state index in [1.807, 2.05) is 0 Å². The van der Waals surface area contributed by atoms with Gasteiger partial charge >= 0.3 is 5.97 Å². The van der Waals surface area contributed by atoms with Gasteiger partial charge in [-0.05, 0) is 43.9 Å². The highest BCUT2D eigenvalue weighted by Gasteiger charge is 2.47. The van der Waals surface area contributed by atoms with Gasteiger partial charge in [0.2, 0.25) is 11.8 Å². The van der Waals surface area contributed by atoms with Gasteiger partial charge in [0.25, 0.3) is 0 Å². The van der Waals surface area contributed by atoms with Gasteiger partial charge in [-0.3, -0.25) is 29.1 Å². The Labute approximate surface area is 237 Å². The average Bonchev–Trinajstić information content (AvgIpc) is 3.09. The summed E-state index contributed by atoms with van der Waals surface area (Å²) in [6.07, 6.45) is -0.550. The van der Waals surface area contributed by atoms with Crippen molar-refractivity contribution in [3.63, 3.8) is 0 Å². The van der Waals surface area contributed by atoms with Crippen LogP contribution in [0.2, 0.25) is 0 Å². The average molecular weight is 576 g/mol. The van der Waals surface area contributed by atoms with Crippen LogP contribution in [0.3, 0.4) is 0 Å². The summed E-state index contributed by atoms with van der Waals surface area (Å²) in [4.78, 5) is 65.0. The van der Waals surface area contributed by atoms with E-state index in [1.54, 1.807) is 6.07 Å². The molecule has 0 radical (unpaired) electrons. The molecule has 41 heavy (non-hydrogen) atoms. The monoisotopic (exact) mass is 575 g/mol. The van der Waals surface area contributed by atoms with Crippen molar-refractivity contribution in [1.82, 2.24) is 20.2 Å². The first-order chi connectivity index (χ1) is 19.6. The van der Waals surface area contributed by atoms with Crippen molar-refractivity contribution < 1.29 is 44.0 Å². The van der Waals surface area contributed by atoms with Gasteiger partial charge in [-0.25, -0.2) is 0 Å². The van der Waals surface area contributed by atoms with E-state index in [2.05, 4.69) is 10.2 Å². The second kappa shape index (κ2) is 13.5. The largest absolute Gasteiger partial charge is 0.508 e. The second-order valence-electron chi connectivity index (χ2n) is 10.6. The van der Waals surface area contributed by atoms with Gasteiger partial charge in [0.05, 0.1) is 37.6 Å². The van der Waals surface area contributed by atoms with E-state index in [-0.39, 0.29) is 37.1 Å². The number of aliphatic hydroxyl groups excluding tert-OH is 1. The molecule has 14 nitrogen and oxygen atoms in total. The number of aldehydes is 1. The smallest absolute Gasteiger partial charge is 0.305 e. The Kier molecular flexibility index (Phi) is 10.0. The number of carboxylic acids is 1. The number of hydrogen-bond acceptors (Lipinski definition) is 11. The lowest BCUT2D eigenvalue weighted by Gasteiger charge is -2.45. The van der Waals surface area contributed by atoms with Crippen LogP contribution in [0.4, 0.5) is 0 Å². The first-order valence-corrected chi connectivity index (χ1v) is 13.8. The Morgan fingerprint density at radius 2 is 1.88 bits per heavy atom. The van der Waals surface area contributed by atoms with Gasteiger partial charge in [-0.1, -0.05) is 0 Å². The van der Waals surface area contributed by atoms with Crippen molar-refractivity contribution in [2.75, 3.05) is 32.8 Å². The number of fused-ring (bicyclic) bond motifs is 1. The molecule has 14 heteroatoms. The van der Waals surface area contributed by atoms with E-state index in [4.69, 9.17) is 15.6 Å². The summed E-state index contributed by atoms with van der Waals surface area (Å²) in [5, 5.41) is 35.1. The number of carboxylic acid groups (broad SMARTS) is 1. The number of morpholine rings is 1. The summed E-state index contributed by atoms with van der Waals surface area (Å²) < 4.78 is 5.36. The summed E-state index contributed by atoms with van der Waals surface area (Å²) in [6.45, 7) is 3.19. The highest BCUT2D eigenvalue weighted by molar-refractivity contribution is 6.03. The molecule has 3 fully saturated rings. The number of phenolic OH excluding ortho intramolecular Hbond substituents is 1. The number of ether oxygens (including phenoxy) is 1. The lowest BCUT2D eigenvalue weighted by Crippen LogP contribution is -2.64. The van der Waals surface area contributed by atoms with E-state index in [1.165, 1.54) is 17.1 Å². The van der Waals surface area contributed by atoms with Gasteiger partial charge in [0.15, 0.2) is 5.78 Å². The third kappa shape index (κ3) is 7.08. The Hall–Kier alpha value is -3.43. The van der Waals surface area contributed by atoms with Crippen LogP contribution in [0.1, 0.15) is 48.0 Å². The first-order valence-electron chi connectivity index (χ1n) is 13.8. The van der Waals surface area contributed by atoms with Crippen LogP contribution >= 0.6 is 0 Å². The number of ketones is 1. The number of nitrogens with zero attached hydrogens (tertiary/aromatic N) is 3. The number of benzene rings is 1. The lowest BCUT2D eigenvalue weighted by atomic mass is 9.87. The number of aliphatic carboxylic acids is 1. The lowest BCUT2D eigenvalue weighted by molar-refractivity contribution is -0.193. The van der Waals surface area contributed by atoms with Gasteiger partial charge in [0.1, 0.15) is 24.3 Å². The van der Waals surface area contributed by atoms with E-state index in [0.29, 0.717) is 51.1 Å². The van der Waals surface area contributed by atoms with E-state index >= 15 is 0 Å². The molecular weight excluding hydrogens is 538 g/mol. The number of nitrogens with one attached hydrogen (secondary N) is 1. The van der Waals surface area contributed by atoms with E-state index in [9.17, 15) is 34.2 Å². The van der Waals surface area contributed by atoms with Crippen molar-refractivity contribution in [3.05, 3.63) is 29.3 Å². The molecule has 3 saturated heterocycles. The fourth-order valence-corrected chi connectivity index (χ4v) is 5.62. The molecule has 1 aromatic rings. The predicted octanol–water partition coefficient (Wildman–Crippen LogP) is -1.17. The maximum Gasteiger partial charge on any atom is 0.305 e. The van der Waals surface area contributed by atoms with Crippen molar-refractivity contribution in [2.24, 2.45) is 11.7 Å². The van der Waals surface area contributed by atoms with Gasteiger partial charge < -0.3 is 35.9 Å². The normalized spacial score (nSPS) is 25.5. The van der Waals surface area contributed by atoms with Crippen LogP contribution in [0.15, 0.2) is 18.2 Å². The van der Waals surface area contributed by atoms with Crippen molar-refractivity contribution in [2.45, 2.75) is 63.0 Å². The van der Waals surface area contributed by atoms with Crippen LogP contribution in [0.5, 0.6) is 5.75 Å². The van der Waals surface area contributed by atoms with Gasteiger partial charge in [-0.15, -0.1) is 0 Å². The molecule has 5 atom stereocenters. The molecule has 0 bridgehead atoms. The molecule has 224 valence electrons. The Morgan fingerprint density at radius 3 is 2.56 bits per heavy atom. The number of aromatic hydroxyl groups is 1. The first kappa shape index (κ1) is 30.5. The third-order valence-corrected chi connectivity index (χ3v) is 7.85. The fraction of sp³-hybridized carbons (Fsp3) is 0.593. The molecule has 6 N–H and O–H groups in total. The zero-order chi connectivity index (χ0) is 29.7. The molecule has 2 amide bonds. The predicted molar refractivity (Wildman–Crippen MR) is 142 cm³/mol. The molecular formula is C27H37N5O9. The van der Waals surface area contributed by atoms with Crippen LogP contribution in [-0.2, 0) is 30.5 Å². The SMILES string of the molecule is NC(C(=O)c1ccc(O)c(CN2CCOCC2)c1)[C@H]1CCC(O)N2CCC[C@@H](C(=O)N[C@H](C=O)CC(=O)O)N2C1=O. The van der Waals surface area contributed by atoms with Gasteiger partial charge in [-0.2, -0.15) is 5.01 Å². The molecule has 3 heterocycles. The maximum atomic E-state index is 13.9. The zero-order valence-corrected chi connectivity index (χ0v) is 22.7. The quantitative estimate of drug-likeness (QED) is 0.165. The van der Waals surface area contributed by atoms with E-state index < -0.39 is 60.3 Å². The minimum Gasteiger partial charge on any atom is -0.508 e. The Balaban J connectivity index is 1.54. The number of aliphatic hydroxyl groups is 1. The Bertz CT molecular complexity index is 1160. The van der Waals surface area contributed by atoms with Crippen LogP contribution in [-0.4, -0.2) is 117 Å². The summed E-state index contributed by atoms with van der Waals surface area (Å²) in [6, 6.07) is 0.718. The molecule has 4 rings (SSSR count). The molecule has 0 aliphatic carbocycles. The zero-order valence-electron chi connectivity index (χ0n) is 22.7. The molecule has 2 unspecified atom stereocenters. The second-order valence-corrected chi connectivity index (χ2v) is 10.6. The van der Waals surface area contributed by atoms with Gasteiger partial charge in [0, 0.05) is 37.3 Å². The highest BCUT2D eigenvalue weighted by atomic mass is 16.5. The number of Topliss-reactive ketones (excluding diaryl/α,β-unsaturated/α-hetero) is 1. The molecule has 0 saturated carbocycles. The number of phenols is 1. The fourth-order valence-electron chi connectivity index (χ4n) is 5.62. The number of carbonyl (C=O) groups excluding carboxylic acids is 4. The topological polar surface area (TPSA) is 203 Å². The van der Waals surface area contributed by atoms with Crippen molar-refractivity contribution in [1.29, 1.82) is 0 Å². The number of nitrogens with two attached hydrogens (primary N) is 1. The third-order valence-electron chi connectivity index (χ3n) is 7.85. The number of rotatable bonds is 10. The molecule has 3 aliphatic heterocycles. The number of hydrogen-bond donors (Lipinski definition) is 5. The summed E-state index contributed by atoms with van der Waals surface area (Å²) >= 11 is 0. The van der Waals surface area contributed by atoms with Crippen LogP contribution in [0, 0.1) is 5.92 Å². The molecule has 0 spiro atoms. The number of carbonyl (C=O) groups is 5. The summed E-state index contributed by atoms with van der Waals surface area (Å²) in [5.41, 5.74) is 7.17. The Morgan fingerprint density at radius 1 is 1.15 bits per heavy atom. The summed E-state index contributed by atoms with van der Waals surface area (Å²) in [7, 11) is 0. The van der Waals surface area contributed by atoms with Crippen molar-refractivity contribution in [3.8, 4) is 5.75 Å². The minimum atomic E-state index is -1.30. The number of amides is 2. The van der Waals surface area contributed by atoms with E-state index in [0.717, 1.165) is 5.01 Å². The van der Waals surface area contributed by atoms with Crippen molar-refractivity contribution >= 4 is 29.9 Å². The molecule has 1 aromatic carbocycles. The van der Waals surface area contributed by atoms with Crippen LogP contribution in [0.25, 0.3) is 0 Å². The standard InChI is InChI=1S/C27H37N5O9/c28-24(25(38)16-3-5-21(34)17(12-16)14-30-8-10-41-11-9-30)19-4-6-22(35)31-7-1-2-20(32(31)27(19)40)26(39)29-18(15-33)13-23(36)37/h3,5,12,15,18-20,22,24,34-35H,1-2,4,6-11,13-14,28H2,(H,29,39)(H,36,37)/t18-,19+,20-,22?,24?/m0/s1. The molecule has 0 aromatic heterocycles. The molecule has 3 aliphatic rings. The maximum absolute atomic E-state index is 13.9. The summed E-state index contributed by atoms with van der Waals surface area (Å²) in [5.74, 6) is -4.18. The van der Waals surface area contributed by atoms with Crippen LogP contribution < -0.4 is 11.1 Å².